The predicted octanol–water partition coefficient (Wildman–Crippen LogP) is 6.14. The standard InChI is InChI=1S/C23H16ClFO3/c1-14-19-10-9-18(27-13-16-7-8-17(25)11-20(16)24)12-21(19)28-23(26)22(14)15-5-3-2-4-6-15/h2-12H,13H2,1H3. The molecule has 0 aliphatic carbocycles. The molecule has 3 nitrogen and oxygen atoms in total. The summed E-state index contributed by atoms with van der Waals surface area (Å²) in [6.45, 7) is 2.08. The van der Waals surface area contributed by atoms with E-state index < -0.39 is 11.4 Å². The van der Waals surface area contributed by atoms with Crippen LogP contribution in [0.4, 0.5) is 4.39 Å². The van der Waals surface area contributed by atoms with Crippen LogP contribution in [-0.2, 0) is 6.61 Å². The molecule has 0 fully saturated rings. The van der Waals surface area contributed by atoms with Gasteiger partial charge >= 0.3 is 5.63 Å². The Labute approximate surface area is 166 Å². The van der Waals surface area contributed by atoms with Crippen LogP contribution in [0.3, 0.4) is 0 Å². The maximum absolute atomic E-state index is 13.1. The fourth-order valence-electron chi connectivity index (χ4n) is 3.16. The highest BCUT2D eigenvalue weighted by Gasteiger charge is 2.14. The van der Waals surface area contributed by atoms with Crippen molar-refractivity contribution in [2.75, 3.05) is 0 Å². The number of hydrogen-bond donors (Lipinski definition) is 0. The highest BCUT2D eigenvalue weighted by molar-refractivity contribution is 6.31. The van der Waals surface area contributed by atoms with Crippen molar-refractivity contribution in [2.24, 2.45) is 0 Å². The smallest absolute Gasteiger partial charge is 0.344 e. The average molecular weight is 395 g/mol. The van der Waals surface area contributed by atoms with Gasteiger partial charge in [-0.25, -0.2) is 9.18 Å². The molecule has 5 heteroatoms. The molecule has 1 heterocycles. The summed E-state index contributed by atoms with van der Waals surface area (Å²) in [6.07, 6.45) is 0. The SMILES string of the molecule is Cc1c(-c2ccccc2)c(=O)oc2cc(OCc3ccc(F)cc3Cl)ccc12. The third-order valence-electron chi connectivity index (χ3n) is 4.61. The third-order valence-corrected chi connectivity index (χ3v) is 4.96. The largest absolute Gasteiger partial charge is 0.489 e. The van der Waals surface area contributed by atoms with Gasteiger partial charge in [0.15, 0.2) is 0 Å². The number of benzene rings is 3. The average Bonchev–Trinajstić information content (AvgIpc) is 2.68. The van der Waals surface area contributed by atoms with Crippen molar-refractivity contribution in [1.29, 1.82) is 0 Å². The Kier molecular flexibility index (Phi) is 4.88. The molecule has 0 spiro atoms. The molecule has 0 saturated heterocycles. The fourth-order valence-corrected chi connectivity index (χ4v) is 3.39. The summed E-state index contributed by atoms with van der Waals surface area (Å²) in [4.78, 5) is 12.6. The molecule has 0 aliphatic rings. The summed E-state index contributed by atoms with van der Waals surface area (Å²) >= 11 is 6.03. The van der Waals surface area contributed by atoms with Gasteiger partial charge in [0.1, 0.15) is 23.8 Å². The van der Waals surface area contributed by atoms with Crippen molar-refractivity contribution in [3.05, 3.63) is 99.1 Å². The number of halogens is 2. The van der Waals surface area contributed by atoms with E-state index in [9.17, 15) is 9.18 Å². The fraction of sp³-hybridized carbons (Fsp3) is 0.0870. The molecule has 4 aromatic rings. The van der Waals surface area contributed by atoms with Gasteiger partial charge in [0, 0.05) is 17.0 Å². The van der Waals surface area contributed by atoms with Crippen molar-refractivity contribution >= 4 is 22.6 Å². The van der Waals surface area contributed by atoms with Crippen LogP contribution in [0.5, 0.6) is 5.75 Å². The van der Waals surface area contributed by atoms with Gasteiger partial charge in [0.25, 0.3) is 0 Å². The molecule has 0 N–H and O–H groups in total. The monoisotopic (exact) mass is 394 g/mol. The third kappa shape index (κ3) is 3.51. The highest BCUT2D eigenvalue weighted by atomic mass is 35.5. The van der Waals surface area contributed by atoms with Crippen LogP contribution in [0.15, 0.2) is 75.9 Å². The lowest BCUT2D eigenvalue weighted by atomic mass is 10.00. The first-order valence-corrected chi connectivity index (χ1v) is 9.10. The van der Waals surface area contributed by atoms with Gasteiger partial charge in [0.05, 0.1) is 10.6 Å². The van der Waals surface area contributed by atoms with E-state index in [1.807, 2.05) is 49.4 Å². The first-order chi connectivity index (χ1) is 13.5. The molecule has 140 valence electrons. The van der Waals surface area contributed by atoms with Crippen molar-refractivity contribution in [1.82, 2.24) is 0 Å². The van der Waals surface area contributed by atoms with Crippen LogP contribution in [0, 0.1) is 12.7 Å². The number of hydrogen-bond acceptors (Lipinski definition) is 3. The normalized spacial score (nSPS) is 11.0. The van der Waals surface area contributed by atoms with Crippen LogP contribution in [0.2, 0.25) is 5.02 Å². The van der Waals surface area contributed by atoms with E-state index in [1.54, 1.807) is 12.1 Å². The molecular formula is C23H16ClFO3. The molecule has 28 heavy (non-hydrogen) atoms. The van der Waals surface area contributed by atoms with E-state index in [0.717, 1.165) is 16.5 Å². The quantitative estimate of drug-likeness (QED) is 0.390. The molecule has 0 aliphatic heterocycles. The molecule has 0 bridgehead atoms. The Hall–Kier alpha value is -3.11. The number of rotatable bonds is 4. The van der Waals surface area contributed by atoms with Gasteiger partial charge < -0.3 is 9.15 Å². The van der Waals surface area contributed by atoms with E-state index in [0.29, 0.717) is 27.5 Å². The van der Waals surface area contributed by atoms with Crippen LogP contribution < -0.4 is 10.4 Å². The summed E-state index contributed by atoms with van der Waals surface area (Å²) in [5.74, 6) is 0.133. The number of fused-ring (bicyclic) bond motifs is 1. The highest BCUT2D eigenvalue weighted by Crippen LogP contribution is 2.29. The lowest BCUT2D eigenvalue weighted by molar-refractivity contribution is 0.306. The summed E-state index contributed by atoms with van der Waals surface area (Å²) in [7, 11) is 0. The molecule has 3 aromatic carbocycles. The van der Waals surface area contributed by atoms with Gasteiger partial charge in [-0.2, -0.15) is 0 Å². The Balaban J connectivity index is 1.67. The van der Waals surface area contributed by atoms with Gasteiger partial charge in [-0.05, 0) is 42.3 Å². The molecule has 0 amide bonds. The minimum atomic E-state index is -0.397. The Morgan fingerprint density at radius 1 is 1.04 bits per heavy atom. The van der Waals surface area contributed by atoms with Gasteiger partial charge in [-0.3, -0.25) is 0 Å². The minimum Gasteiger partial charge on any atom is -0.489 e. The predicted molar refractivity (Wildman–Crippen MR) is 108 cm³/mol. The van der Waals surface area contributed by atoms with Gasteiger partial charge in [-0.15, -0.1) is 0 Å². The topological polar surface area (TPSA) is 39.4 Å². The summed E-state index contributed by atoms with van der Waals surface area (Å²) in [6, 6.07) is 18.9. The van der Waals surface area contributed by atoms with E-state index >= 15 is 0 Å². The van der Waals surface area contributed by atoms with Crippen molar-refractivity contribution < 1.29 is 13.5 Å². The second-order valence-electron chi connectivity index (χ2n) is 6.44. The Morgan fingerprint density at radius 2 is 1.82 bits per heavy atom. The van der Waals surface area contributed by atoms with Crippen LogP contribution in [0.25, 0.3) is 22.1 Å². The van der Waals surface area contributed by atoms with E-state index in [2.05, 4.69) is 0 Å². The number of ether oxygens (including phenoxy) is 1. The maximum Gasteiger partial charge on any atom is 0.344 e. The summed E-state index contributed by atoms with van der Waals surface area (Å²) in [5, 5.41) is 1.14. The van der Waals surface area contributed by atoms with Crippen LogP contribution in [0.1, 0.15) is 11.1 Å². The van der Waals surface area contributed by atoms with Crippen LogP contribution in [-0.4, -0.2) is 0 Å². The zero-order valence-corrected chi connectivity index (χ0v) is 15.8. The molecule has 0 radical (unpaired) electrons. The summed E-state index contributed by atoms with van der Waals surface area (Å²) in [5.41, 5.74) is 2.95. The van der Waals surface area contributed by atoms with Crippen LogP contribution >= 0.6 is 11.6 Å². The summed E-state index contributed by atoms with van der Waals surface area (Å²) < 4.78 is 24.4. The lowest BCUT2D eigenvalue weighted by Gasteiger charge is -2.11. The van der Waals surface area contributed by atoms with E-state index in [-0.39, 0.29) is 6.61 Å². The molecule has 0 unspecified atom stereocenters. The second kappa shape index (κ2) is 7.49. The van der Waals surface area contributed by atoms with Crippen molar-refractivity contribution in [3.8, 4) is 16.9 Å². The van der Waals surface area contributed by atoms with E-state index in [1.165, 1.54) is 12.1 Å². The lowest BCUT2D eigenvalue weighted by Crippen LogP contribution is -2.06. The molecule has 0 atom stereocenters. The molecule has 4 rings (SSSR count). The minimum absolute atomic E-state index is 0.177. The first-order valence-electron chi connectivity index (χ1n) is 8.72. The second-order valence-corrected chi connectivity index (χ2v) is 6.85. The number of aryl methyl sites for hydroxylation is 1. The Morgan fingerprint density at radius 3 is 2.57 bits per heavy atom. The zero-order valence-electron chi connectivity index (χ0n) is 15.0. The molecular weight excluding hydrogens is 379 g/mol. The maximum atomic E-state index is 13.1. The first kappa shape index (κ1) is 18.3. The van der Waals surface area contributed by atoms with Gasteiger partial charge in [-0.1, -0.05) is 48.0 Å². The Bertz CT molecular complexity index is 1220. The van der Waals surface area contributed by atoms with E-state index in [4.69, 9.17) is 20.8 Å². The van der Waals surface area contributed by atoms with Crippen molar-refractivity contribution in [2.45, 2.75) is 13.5 Å². The molecule has 0 saturated carbocycles. The zero-order chi connectivity index (χ0) is 19.7. The molecule has 1 aromatic heterocycles. The van der Waals surface area contributed by atoms with Gasteiger partial charge in [0.2, 0.25) is 0 Å². The van der Waals surface area contributed by atoms with Crippen molar-refractivity contribution in [3.63, 3.8) is 0 Å².